The van der Waals surface area contributed by atoms with Gasteiger partial charge >= 0.3 is 6.03 Å². The van der Waals surface area contributed by atoms with Gasteiger partial charge in [-0.2, -0.15) is 0 Å². The third-order valence-corrected chi connectivity index (χ3v) is 4.39. The number of nitrogens with one attached hydrogen (secondary N) is 2. The maximum Gasteiger partial charge on any atom is 0.323 e. The maximum absolute atomic E-state index is 13.1. The molecule has 1 aromatic carbocycles. The summed E-state index contributed by atoms with van der Waals surface area (Å²) in [5, 5.41) is 5.62. The number of urea groups is 1. The third kappa shape index (κ3) is 3.65. The molecule has 0 bridgehead atoms. The van der Waals surface area contributed by atoms with Crippen molar-refractivity contribution in [3.05, 3.63) is 72.2 Å². The Labute approximate surface area is 169 Å². The van der Waals surface area contributed by atoms with Gasteiger partial charge in [0.15, 0.2) is 5.78 Å². The van der Waals surface area contributed by atoms with Crippen LogP contribution in [0.5, 0.6) is 0 Å². The van der Waals surface area contributed by atoms with E-state index in [0.717, 1.165) is 0 Å². The average molecular weight is 405 g/mol. The van der Waals surface area contributed by atoms with E-state index in [0.29, 0.717) is 28.0 Å². The van der Waals surface area contributed by atoms with Crippen molar-refractivity contribution in [3.8, 4) is 0 Å². The number of nitrogens with zero attached hydrogens (tertiary/aromatic N) is 4. The number of halogens is 1. The van der Waals surface area contributed by atoms with E-state index in [4.69, 9.17) is 5.73 Å². The highest BCUT2D eigenvalue weighted by Crippen LogP contribution is 2.25. The molecule has 0 radical (unpaired) electrons. The van der Waals surface area contributed by atoms with Crippen molar-refractivity contribution < 1.29 is 14.0 Å². The van der Waals surface area contributed by atoms with E-state index in [-0.39, 0.29) is 17.2 Å². The first-order valence-corrected chi connectivity index (χ1v) is 8.81. The number of anilines is 3. The Morgan fingerprint density at radius 1 is 1.07 bits per heavy atom. The number of aryl methyl sites for hydroxylation is 1. The Morgan fingerprint density at radius 2 is 1.80 bits per heavy atom. The number of hydrogen-bond donors (Lipinski definition) is 3. The molecular formula is C20H16FN7O2. The molecule has 0 aliphatic carbocycles. The van der Waals surface area contributed by atoms with Gasteiger partial charge in [0, 0.05) is 30.7 Å². The standard InChI is InChI=1S/C20H16FN7O2/c1-28-9-15(16-18(22)24-10-25-19(16)28)17(29)11-6-14(8-23-7-11)27-20(30)26-13-4-2-12(21)3-5-13/h2-10H,1H3,(H2,22,24,25)(H2,26,27,30). The number of rotatable bonds is 4. The Hall–Kier alpha value is -4.34. The molecule has 0 saturated heterocycles. The zero-order valence-corrected chi connectivity index (χ0v) is 15.8. The lowest BCUT2D eigenvalue weighted by Crippen LogP contribution is -2.19. The first-order valence-electron chi connectivity index (χ1n) is 8.81. The van der Waals surface area contributed by atoms with Crippen molar-refractivity contribution >= 4 is 40.0 Å². The Morgan fingerprint density at radius 3 is 2.57 bits per heavy atom. The second-order valence-electron chi connectivity index (χ2n) is 6.49. The molecule has 4 N–H and O–H groups in total. The van der Waals surface area contributed by atoms with Crippen molar-refractivity contribution in [1.82, 2.24) is 19.5 Å². The highest BCUT2D eigenvalue weighted by atomic mass is 19.1. The lowest BCUT2D eigenvalue weighted by atomic mass is 10.1. The van der Waals surface area contributed by atoms with Crippen LogP contribution in [0.1, 0.15) is 15.9 Å². The summed E-state index contributed by atoms with van der Waals surface area (Å²) in [6, 6.07) is 6.26. The number of aromatic nitrogens is 4. The Kier molecular flexibility index (Phi) is 4.80. The van der Waals surface area contributed by atoms with E-state index in [2.05, 4.69) is 25.6 Å². The van der Waals surface area contributed by atoms with Gasteiger partial charge in [0.1, 0.15) is 23.6 Å². The van der Waals surface area contributed by atoms with Gasteiger partial charge in [0.05, 0.1) is 22.8 Å². The van der Waals surface area contributed by atoms with Crippen molar-refractivity contribution in [2.75, 3.05) is 16.4 Å². The molecule has 9 nitrogen and oxygen atoms in total. The second-order valence-corrected chi connectivity index (χ2v) is 6.49. The smallest absolute Gasteiger partial charge is 0.323 e. The lowest BCUT2D eigenvalue weighted by molar-refractivity contribution is 0.103. The van der Waals surface area contributed by atoms with Crippen molar-refractivity contribution in [1.29, 1.82) is 0 Å². The number of nitrogen functional groups attached to an aromatic ring is 1. The summed E-state index contributed by atoms with van der Waals surface area (Å²) in [4.78, 5) is 37.4. The fourth-order valence-corrected chi connectivity index (χ4v) is 3.02. The molecule has 4 rings (SSSR count). The third-order valence-electron chi connectivity index (χ3n) is 4.39. The minimum absolute atomic E-state index is 0.199. The second kappa shape index (κ2) is 7.59. The van der Waals surface area contributed by atoms with Crippen LogP contribution in [0, 0.1) is 5.82 Å². The minimum atomic E-state index is -0.559. The van der Waals surface area contributed by atoms with Gasteiger partial charge in [0.2, 0.25) is 0 Å². The number of carbonyl (C=O) groups is 2. The van der Waals surface area contributed by atoms with Crippen LogP contribution in [0.25, 0.3) is 11.0 Å². The van der Waals surface area contributed by atoms with Crippen LogP contribution in [0.3, 0.4) is 0 Å². The van der Waals surface area contributed by atoms with Crippen LogP contribution < -0.4 is 16.4 Å². The van der Waals surface area contributed by atoms with E-state index in [1.165, 1.54) is 49.1 Å². The number of nitrogens with two attached hydrogens (primary N) is 1. The zero-order chi connectivity index (χ0) is 21.3. The van der Waals surface area contributed by atoms with Crippen LogP contribution in [0.15, 0.2) is 55.2 Å². The highest BCUT2D eigenvalue weighted by Gasteiger charge is 2.20. The molecule has 0 aliphatic heterocycles. The topological polar surface area (TPSA) is 128 Å². The van der Waals surface area contributed by atoms with Gasteiger partial charge in [-0.3, -0.25) is 9.78 Å². The van der Waals surface area contributed by atoms with Crippen LogP contribution >= 0.6 is 0 Å². The summed E-state index contributed by atoms with van der Waals surface area (Å²) in [7, 11) is 1.75. The molecule has 0 unspecified atom stereocenters. The van der Waals surface area contributed by atoms with E-state index < -0.39 is 11.8 Å². The molecule has 3 heterocycles. The molecule has 4 aromatic rings. The molecule has 0 atom stereocenters. The van der Waals surface area contributed by atoms with Gasteiger partial charge < -0.3 is 20.9 Å². The maximum atomic E-state index is 13.1. The number of ketones is 1. The van der Waals surface area contributed by atoms with Crippen molar-refractivity contribution in [2.45, 2.75) is 0 Å². The zero-order valence-electron chi connectivity index (χ0n) is 15.8. The normalized spacial score (nSPS) is 10.7. The first kappa shape index (κ1) is 19.0. The summed E-state index contributed by atoms with van der Waals surface area (Å²) in [5.74, 6) is -0.544. The molecule has 10 heteroatoms. The number of benzene rings is 1. The molecule has 30 heavy (non-hydrogen) atoms. The van der Waals surface area contributed by atoms with E-state index >= 15 is 0 Å². The molecule has 3 aromatic heterocycles. The number of fused-ring (bicyclic) bond motifs is 1. The number of hydrogen-bond acceptors (Lipinski definition) is 6. The van der Waals surface area contributed by atoms with E-state index in [1.54, 1.807) is 17.8 Å². The SMILES string of the molecule is Cn1cc(C(=O)c2cncc(NC(=O)Nc3ccc(F)cc3)c2)c2c(N)ncnc21. The predicted octanol–water partition coefficient (Wildman–Crippen LogP) is 2.96. The Balaban J connectivity index is 1.57. The van der Waals surface area contributed by atoms with Gasteiger partial charge in [-0.25, -0.2) is 19.2 Å². The molecule has 0 saturated carbocycles. The van der Waals surface area contributed by atoms with Crippen LogP contribution in [-0.2, 0) is 7.05 Å². The molecular weight excluding hydrogens is 389 g/mol. The first-order chi connectivity index (χ1) is 14.4. The van der Waals surface area contributed by atoms with Gasteiger partial charge in [-0.1, -0.05) is 0 Å². The van der Waals surface area contributed by atoms with Gasteiger partial charge in [-0.15, -0.1) is 0 Å². The summed E-state index contributed by atoms with van der Waals surface area (Å²) in [6.45, 7) is 0. The molecule has 0 spiro atoms. The highest BCUT2D eigenvalue weighted by molar-refractivity contribution is 6.18. The monoisotopic (exact) mass is 405 g/mol. The van der Waals surface area contributed by atoms with E-state index in [9.17, 15) is 14.0 Å². The lowest BCUT2D eigenvalue weighted by Gasteiger charge is -2.08. The quantitative estimate of drug-likeness (QED) is 0.448. The van der Waals surface area contributed by atoms with Crippen LogP contribution in [0.2, 0.25) is 0 Å². The number of carbonyl (C=O) groups excluding carboxylic acids is 2. The largest absolute Gasteiger partial charge is 0.383 e. The number of pyridine rings is 1. The average Bonchev–Trinajstić information content (AvgIpc) is 3.07. The van der Waals surface area contributed by atoms with Gasteiger partial charge in [0.25, 0.3) is 0 Å². The molecule has 2 amide bonds. The Bertz CT molecular complexity index is 1270. The van der Waals surface area contributed by atoms with Crippen LogP contribution in [0.4, 0.5) is 26.4 Å². The summed E-state index contributed by atoms with van der Waals surface area (Å²) >= 11 is 0. The summed E-state index contributed by atoms with van der Waals surface area (Å²) in [5.41, 5.74) is 7.79. The van der Waals surface area contributed by atoms with Crippen molar-refractivity contribution in [2.24, 2.45) is 7.05 Å². The van der Waals surface area contributed by atoms with E-state index in [1.807, 2.05) is 0 Å². The molecule has 0 aliphatic rings. The fraction of sp³-hybridized carbons (Fsp3) is 0.0500. The minimum Gasteiger partial charge on any atom is -0.383 e. The van der Waals surface area contributed by atoms with Gasteiger partial charge in [-0.05, 0) is 30.3 Å². The predicted molar refractivity (Wildman–Crippen MR) is 110 cm³/mol. The number of amides is 2. The van der Waals surface area contributed by atoms with Crippen molar-refractivity contribution in [3.63, 3.8) is 0 Å². The fourth-order valence-electron chi connectivity index (χ4n) is 3.02. The molecule has 0 fully saturated rings. The molecule has 150 valence electrons. The summed E-state index contributed by atoms with van der Waals surface area (Å²) < 4.78 is 14.7. The van der Waals surface area contributed by atoms with Crippen LogP contribution in [-0.4, -0.2) is 31.3 Å². The summed E-state index contributed by atoms with van der Waals surface area (Å²) in [6.07, 6.45) is 5.75.